The molecule has 0 bridgehead atoms. The lowest BCUT2D eigenvalue weighted by Gasteiger charge is -2.35. The van der Waals surface area contributed by atoms with Crippen LogP contribution in [-0.4, -0.2) is 61.2 Å². The maximum atomic E-state index is 5.97. The first-order chi connectivity index (χ1) is 10.6. The number of likely N-dealkylation sites (N-methyl/N-ethyl adjacent to an activating group) is 1. The van der Waals surface area contributed by atoms with Crippen LogP contribution in [0.25, 0.3) is 0 Å². The topological polar surface area (TPSA) is 61.5 Å². The zero-order valence-electron chi connectivity index (χ0n) is 13.8. The van der Waals surface area contributed by atoms with Crippen molar-refractivity contribution >= 4 is 17.6 Å². The van der Waals surface area contributed by atoms with Crippen molar-refractivity contribution in [2.45, 2.75) is 38.1 Å². The first kappa shape index (κ1) is 15.3. The molecule has 1 aromatic heterocycles. The summed E-state index contributed by atoms with van der Waals surface area (Å²) in [4.78, 5) is 15.9. The lowest BCUT2D eigenvalue weighted by molar-refractivity contribution is 0.312. The van der Waals surface area contributed by atoms with Crippen molar-refractivity contribution in [2.75, 3.05) is 55.8 Å². The van der Waals surface area contributed by atoms with Crippen LogP contribution < -0.4 is 15.5 Å². The van der Waals surface area contributed by atoms with Crippen LogP contribution in [0, 0.1) is 0 Å². The Morgan fingerprint density at radius 2 is 1.77 bits per heavy atom. The number of nitrogens with two attached hydrogens (primary N) is 1. The highest BCUT2D eigenvalue weighted by Gasteiger charge is 2.22. The number of aromatic nitrogens is 2. The molecule has 1 aliphatic carbocycles. The lowest BCUT2D eigenvalue weighted by Crippen LogP contribution is -2.45. The maximum Gasteiger partial charge on any atom is 0.223 e. The summed E-state index contributed by atoms with van der Waals surface area (Å²) < 4.78 is 0. The predicted molar refractivity (Wildman–Crippen MR) is 91.4 cm³/mol. The Bertz CT molecular complexity index is 491. The van der Waals surface area contributed by atoms with Gasteiger partial charge in [0.2, 0.25) is 5.95 Å². The molecule has 0 atom stereocenters. The molecule has 2 fully saturated rings. The molecule has 2 N–H and O–H groups in total. The van der Waals surface area contributed by atoms with Gasteiger partial charge in [0, 0.05) is 45.3 Å². The van der Waals surface area contributed by atoms with E-state index in [1.54, 1.807) is 0 Å². The van der Waals surface area contributed by atoms with Crippen molar-refractivity contribution in [2.24, 2.45) is 0 Å². The van der Waals surface area contributed by atoms with E-state index in [2.05, 4.69) is 44.8 Å². The molecule has 6 nitrogen and oxygen atoms in total. The van der Waals surface area contributed by atoms with Crippen LogP contribution in [-0.2, 0) is 0 Å². The molecule has 2 heterocycles. The number of hydrogen-bond donors (Lipinski definition) is 1. The Labute approximate surface area is 133 Å². The average Bonchev–Trinajstić information content (AvgIpc) is 2.55. The van der Waals surface area contributed by atoms with E-state index in [-0.39, 0.29) is 0 Å². The van der Waals surface area contributed by atoms with E-state index in [1.165, 1.54) is 32.1 Å². The van der Waals surface area contributed by atoms with E-state index in [9.17, 15) is 0 Å². The zero-order valence-corrected chi connectivity index (χ0v) is 13.8. The first-order valence-corrected chi connectivity index (χ1v) is 8.44. The maximum absolute atomic E-state index is 5.97. The van der Waals surface area contributed by atoms with Crippen LogP contribution in [0.1, 0.15) is 32.1 Å². The zero-order chi connectivity index (χ0) is 15.5. The van der Waals surface area contributed by atoms with Gasteiger partial charge in [-0.2, -0.15) is 9.97 Å². The largest absolute Gasteiger partial charge is 0.368 e. The summed E-state index contributed by atoms with van der Waals surface area (Å²) in [6, 6.07) is 2.69. The predicted octanol–water partition coefficient (Wildman–Crippen LogP) is 1.58. The van der Waals surface area contributed by atoms with Gasteiger partial charge in [-0.25, -0.2) is 0 Å². The standard InChI is InChI=1S/C16H28N6/c1-20-8-10-22(11-9-20)15-12-14(18-16(17)19-15)21(2)13-6-4-3-5-7-13/h12-13H,3-11H2,1-2H3,(H2,17,18,19). The Hall–Kier alpha value is -1.56. The Morgan fingerprint density at radius 3 is 2.45 bits per heavy atom. The summed E-state index contributed by atoms with van der Waals surface area (Å²) in [5.74, 6) is 2.32. The molecule has 0 aromatic carbocycles. The summed E-state index contributed by atoms with van der Waals surface area (Å²) in [6.07, 6.45) is 6.51. The van der Waals surface area contributed by atoms with Gasteiger partial charge in [-0.05, 0) is 19.9 Å². The number of rotatable bonds is 3. The highest BCUT2D eigenvalue weighted by atomic mass is 15.3. The van der Waals surface area contributed by atoms with Crippen LogP contribution in [0.5, 0.6) is 0 Å². The van der Waals surface area contributed by atoms with Crippen molar-refractivity contribution in [3.63, 3.8) is 0 Å². The first-order valence-electron chi connectivity index (χ1n) is 8.44. The van der Waals surface area contributed by atoms with E-state index >= 15 is 0 Å². The SMILES string of the molecule is CN1CCN(c2cc(N(C)C3CCCCC3)nc(N)n2)CC1. The Kier molecular flexibility index (Phi) is 4.66. The van der Waals surface area contributed by atoms with Crippen LogP contribution in [0.15, 0.2) is 6.07 Å². The summed E-state index contributed by atoms with van der Waals surface area (Å²) in [6.45, 7) is 4.13. The van der Waals surface area contributed by atoms with Crippen LogP contribution in [0.3, 0.4) is 0 Å². The molecular weight excluding hydrogens is 276 g/mol. The smallest absolute Gasteiger partial charge is 0.223 e. The Balaban J connectivity index is 1.77. The molecule has 2 aliphatic rings. The van der Waals surface area contributed by atoms with Crippen LogP contribution in [0.2, 0.25) is 0 Å². The number of nitrogen functional groups attached to an aromatic ring is 1. The van der Waals surface area contributed by atoms with Gasteiger partial charge in [0.1, 0.15) is 11.6 Å². The summed E-state index contributed by atoms with van der Waals surface area (Å²) in [5, 5.41) is 0. The molecule has 0 amide bonds. The van der Waals surface area contributed by atoms with Gasteiger partial charge in [0.25, 0.3) is 0 Å². The third kappa shape index (κ3) is 3.43. The molecule has 1 aromatic rings. The van der Waals surface area contributed by atoms with Crippen molar-refractivity contribution in [3.8, 4) is 0 Å². The molecule has 1 saturated heterocycles. The number of anilines is 3. The van der Waals surface area contributed by atoms with Crippen LogP contribution in [0.4, 0.5) is 17.6 Å². The van der Waals surface area contributed by atoms with Gasteiger partial charge in [0.15, 0.2) is 0 Å². The molecule has 1 saturated carbocycles. The van der Waals surface area contributed by atoms with Crippen molar-refractivity contribution in [1.29, 1.82) is 0 Å². The van der Waals surface area contributed by atoms with Gasteiger partial charge in [-0.1, -0.05) is 19.3 Å². The monoisotopic (exact) mass is 304 g/mol. The summed E-state index contributed by atoms with van der Waals surface area (Å²) >= 11 is 0. The van der Waals surface area contributed by atoms with E-state index < -0.39 is 0 Å². The van der Waals surface area contributed by atoms with Crippen molar-refractivity contribution < 1.29 is 0 Å². The van der Waals surface area contributed by atoms with E-state index in [0.717, 1.165) is 37.8 Å². The molecule has 0 spiro atoms. The average molecular weight is 304 g/mol. The Morgan fingerprint density at radius 1 is 1.09 bits per heavy atom. The molecule has 6 heteroatoms. The summed E-state index contributed by atoms with van der Waals surface area (Å²) in [5.41, 5.74) is 5.97. The van der Waals surface area contributed by atoms with Crippen LogP contribution >= 0.6 is 0 Å². The third-order valence-corrected chi connectivity index (χ3v) is 5.03. The molecule has 122 valence electrons. The molecular formula is C16H28N6. The van der Waals surface area contributed by atoms with Crippen molar-refractivity contribution in [1.82, 2.24) is 14.9 Å². The van der Waals surface area contributed by atoms with E-state index in [1.807, 2.05) is 0 Å². The molecule has 3 rings (SSSR count). The van der Waals surface area contributed by atoms with Crippen molar-refractivity contribution in [3.05, 3.63) is 6.07 Å². The van der Waals surface area contributed by atoms with Gasteiger partial charge < -0.3 is 20.4 Å². The fourth-order valence-electron chi connectivity index (χ4n) is 3.47. The van der Waals surface area contributed by atoms with E-state index in [4.69, 9.17) is 5.73 Å². The minimum Gasteiger partial charge on any atom is -0.368 e. The lowest BCUT2D eigenvalue weighted by atomic mass is 9.94. The number of piperazine rings is 1. The fourth-order valence-corrected chi connectivity index (χ4v) is 3.47. The minimum atomic E-state index is 0.383. The van der Waals surface area contributed by atoms with Gasteiger partial charge in [-0.3, -0.25) is 0 Å². The quantitative estimate of drug-likeness (QED) is 0.915. The second-order valence-electron chi connectivity index (χ2n) is 6.64. The molecule has 22 heavy (non-hydrogen) atoms. The van der Waals surface area contributed by atoms with Gasteiger partial charge in [-0.15, -0.1) is 0 Å². The minimum absolute atomic E-state index is 0.383. The van der Waals surface area contributed by atoms with Gasteiger partial charge >= 0.3 is 0 Å². The molecule has 0 unspecified atom stereocenters. The fraction of sp³-hybridized carbons (Fsp3) is 0.750. The third-order valence-electron chi connectivity index (χ3n) is 5.03. The highest BCUT2D eigenvalue weighted by molar-refractivity contribution is 5.54. The second kappa shape index (κ2) is 6.69. The van der Waals surface area contributed by atoms with Gasteiger partial charge in [0.05, 0.1) is 0 Å². The second-order valence-corrected chi connectivity index (χ2v) is 6.64. The van der Waals surface area contributed by atoms with E-state index in [0.29, 0.717) is 12.0 Å². The summed E-state index contributed by atoms with van der Waals surface area (Å²) in [7, 11) is 4.31. The number of hydrogen-bond acceptors (Lipinski definition) is 6. The molecule has 1 aliphatic heterocycles. The normalized spacial score (nSPS) is 21.1. The molecule has 0 radical (unpaired) electrons. The number of nitrogens with zero attached hydrogens (tertiary/aromatic N) is 5. The highest BCUT2D eigenvalue weighted by Crippen LogP contribution is 2.27.